The van der Waals surface area contributed by atoms with Gasteiger partial charge in [0.2, 0.25) is 11.9 Å². The molecule has 0 radical (unpaired) electrons. The van der Waals surface area contributed by atoms with Crippen LogP contribution in [-0.2, 0) is 9.53 Å². The Morgan fingerprint density at radius 3 is 2.58 bits per heavy atom. The number of aryl methyl sites for hydroxylation is 1. The van der Waals surface area contributed by atoms with Crippen LogP contribution in [0.15, 0.2) is 42.9 Å². The lowest BCUT2D eigenvalue weighted by Crippen LogP contribution is -2.34. The smallest absolute Gasteiger partial charge is 0.229 e. The molecule has 0 bridgehead atoms. The molecule has 3 aromatic rings. The van der Waals surface area contributed by atoms with Gasteiger partial charge in [0.1, 0.15) is 5.82 Å². The van der Waals surface area contributed by atoms with Crippen molar-refractivity contribution >= 4 is 11.9 Å². The number of halogens is 1. The molecule has 190 valence electrons. The van der Waals surface area contributed by atoms with Crippen LogP contribution in [0.5, 0.6) is 0 Å². The molecule has 0 spiro atoms. The molecule has 1 aliphatic heterocycles. The summed E-state index contributed by atoms with van der Waals surface area (Å²) in [6.07, 6.45) is 4.88. The van der Waals surface area contributed by atoms with Gasteiger partial charge in [-0.05, 0) is 71.4 Å². The van der Waals surface area contributed by atoms with E-state index >= 15 is 0 Å². The van der Waals surface area contributed by atoms with Gasteiger partial charge < -0.3 is 15.4 Å². The fourth-order valence-corrected chi connectivity index (χ4v) is 4.47. The summed E-state index contributed by atoms with van der Waals surface area (Å²) in [5.41, 5.74) is 3.07. The number of nitrogens with one attached hydrogen (secondary N) is 2. The van der Waals surface area contributed by atoms with E-state index in [2.05, 4.69) is 30.6 Å². The van der Waals surface area contributed by atoms with Crippen molar-refractivity contribution in [1.29, 1.82) is 0 Å². The molecule has 2 N–H and O–H groups in total. The fraction of sp³-hybridized carbons (Fsp3) is 0.444. The van der Waals surface area contributed by atoms with Crippen molar-refractivity contribution in [3.8, 4) is 11.3 Å². The third kappa shape index (κ3) is 5.84. The Labute approximate surface area is 211 Å². The van der Waals surface area contributed by atoms with Crippen molar-refractivity contribution in [3.63, 3.8) is 0 Å². The summed E-state index contributed by atoms with van der Waals surface area (Å²) in [7, 11) is 0. The van der Waals surface area contributed by atoms with Crippen LogP contribution in [0, 0.1) is 18.7 Å². The lowest BCUT2D eigenvalue weighted by molar-refractivity contribution is -0.122. The molecular weight excluding hydrogens is 459 g/mol. The topological polar surface area (TPSA) is 102 Å². The number of aromatic nitrogens is 4. The van der Waals surface area contributed by atoms with Crippen molar-refractivity contribution < 1.29 is 13.9 Å². The molecule has 8 nitrogen and oxygen atoms in total. The minimum Gasteiger partial charge on any atom is -0.373 e. The molecule has 36 heavy (non-hydrogen) atoms. The van der Waals surface area contributed by atoms with Gasteiger partial charge in [-0.3, -0.25) is 14.8 Å². The first-order chi connectivity index (χ1) is 17.0. The zero-order chi connectivity index (χ0) is 26.0. The summed E-state index contributed by atoms with van der Waals surface area (Å²) < 4.78 is 19.7. The highest BCUT2D eigenvalue weighted by atomic mass is 19.1. The Hall–Kier alpha value is -3.46. The van der Waals surface area contributed by atoms with Crippen molar-refractivity contribution in [2.75, 3.05) is 11.9 Å². The van der Waals surface area contributed by atoms with E-state index in [0.717, 1.165) is 5.56 Å². The number of amides is 1. The summed E-state index contributed by atoms with van der Waals surface area (Å²) in [6.45, 7) is 12.2. The first kappa shape index (κ1) is 25.6. The number of hydrogen-bond acceptors (Lipinski definition) is 7. The summed E-state index contributed by atoms with van der Waals surface area (Å²) in [4.78, 5) is 30.7. The number of anilines is 1. The summed E-state index contributed by atoms with van der Waals surface area (Å²) >= 11 is 0. The van der Waals surface area contributed by atoms with Gasteiger partial charge in [-0.25, -0.2) is 14.4 Å². The van der Waals surface area contributed by atoms with Crippen LogP contribution in [0.25, 0.3) is 11.3 Å². The van der Waals surface area contributed by atoms with Crippen LogP contribution in [-0.4, -0.2) is 44.1 Å². The van der Waals surface area contributed by atoms with Crippen molar-refractivity contribution in [1.82, 2.24) is 25.3 Å². The van der Waals surface area contributed by atoms with Crippen molar-refractivity contribution in [2.45, 2.75) is 65.2 Å². The van der Waals surface area contributed by atoms with Crippen LogP contribution in [0.1, 0.15) is 63.5 Å². The molecule has 1 unspecified atom stereocenters. The molecule has 1 saturated heterocycles. The van der Waals surface area contributed by atoms with E-state index in [-0.39, 0.29) is 35.4 Å². The second-order valence-corrected chi connectivity index (χ2v) is 10.3. The van der Waals surface area contributed by atoms with Gasteiger partial charge in [0.15, 0.2) is 0 Å². The van der Waals surface area contributed by atoms with E-state index in [0.29, 0.717) is 35.1 Å². The van der Waals surface area contributed by atoms with Gasteiger partial charge in [0.25, 0.3) is 0 Å². The van der Waals surface area contributed by atoms with Crippen molar-refractivity contribution in [3.05, 3.63) is 65.6 Å². The molecule has 1 aliphatic rings. The third-order valence-corrected chi connectivity index (χ3v) is 6.28. The Bertz CT molecular complexity index is 1230. The third-order valence-electron chi connectivity index (χ3n) is 6.28. The van der Waals surface area contributed by atoms with Gasteiger partial charge in [-0.1, -0.05) is 0 Å². The highest BCUT2D eigenvalue weighted by molar-refractivity contribution is 5.85. The van der Waals surface area contributed by atoms with Crippen LogP contribution in [0.3, 0.4) is 0 Å². The Morgan fingerprint density at radius 2 is 1.92 bits per heavy atom. The van der Waals surface area contributed by atoms with Gasteiger partial charge >= 0.3 is 0 Å². The molecule has 4 rings (SSSR count). The van der Waals surface area contributed by atoms with Gasteiger partial charge in [0.05, 0.1) is 53.1 Å². The SMILES string of the molecule is Cc1cc(-c2cnc([C@H](C)Nc3nccc([C@@H]4C(=O)NCC4[C@@H](C)OC(C)(C)C)n3)cn2)ccc1F. The van der Waals surface area contributed by atoms with Crippen molar-refractivity contribution in [2.24, 2.45) is 5.92 Å². The van der Waals surface area contributed by atoms with Crippen LogP contribution in [0.2, 0.25) is 0 Å². The van der Waals surface area contributed by atoms with Gasteiger partial charge in [0, 0.05) is 24.2 Å². The molecular formula is C27H33FN6O2. The number of carbonyl (C=O) groups excluding carboxylic acids is 1. The van der Waals surface area contributed by atoms with E-state index in [1.165, 1.54) is 6.07 Å². The van der Waals surface area contributed by atoms with Crippen LogP contribution >= 0.6 is 0 Å². The Morgan fingerprint density at radius 1 is 1.14 bits per heavy atom. The van der Waals surface area contributed by atoms with Gasteiger partial charge in [-0.15, -0.1) is 0 Å². The molecule has 1 fully saturated rings. The predicted molar refractivity (Wildman–Crippen MR) is 136 cm³/mol. The fourth-order valence-electron chi connectivity index (χ4n) is 4.47. The Balaban J connectivity index is 1.48. The number of carbonyl (C=O) groups is 1. The maximum Gasteiger partial charge on any atom is 0.229 e. The maximum absolute atomic E-state index is 13.6. The van der Waals surface area contributed by atoms with E-state index in [1.54, 1.807) is 43.7 Å². The van der Waals surface area contributed by atoms with Gasteiger partial charge in [-0.2, -0.15) is 0 Å². The number of benzene rings is 1. The number of hydrogen-bond donors (Lipinski definition) is 2. The molecule has 1 aromatic carbocycles. The largest absolute Gasteiger partial charge is 0.373 e. The minimum atomic E-state index is -0.417. The average molecular weight is 493 g/mol. The Kier molecular flexibility index (Phi) is 7.31. The van der Waals surface area contributed by atoms with E-state index in [9.17, 15) is 9.18 Å². The van der Waals surface area contributed by atoms with Crippen LogP contribution < -0.4 is 10.6 Å². The van der Waals surface area contributed by atoms with E-state index in [4.69, 9.17) is 4.74 Å². The molecule has 0 saturated carbocycles. The second kappa shape index (κ2) is 10.3. The highest BCUT2D eigenvalue weighted by Crippen LogP contribution is 2.33. The van der Waals surface area contributed by atoms with E-state index in [1.807, 2.05) is 34.6 Å². The normalized spacial score (nSPS) is 19.6. The first-order valence-electron chi connectivity index (χ1n) is 12.2. The van der Waals surface area contributed by atoms with E-state index < -0.39 is 5.92 Å². The molecule has 4 atom stereocenters. The second-order valence-electron chi connectivity index (χ2n) is 10.3. The number of nitrogens with zero attached hydrogens (tertiary/aromatic N) is 4. The highest BCUT2D eigenvalue weighted by Gasteiger charge is 2.41. The molecule has 9 heteroatoms. The zero-order valence-corrected chi connectivity index (χ0v) is 21.5. The molecule has 2 aromatic heterocycles. The standard InChI is InChI=1S/C27H33FN6O2/c1-15-11-18(7-8-20(15)28)23-14-30-22(13-31-23)16(2)33-26-29-10-9-21(34-26)24-19(12-32-25(24)35)17(3)36-27(4,5)6/h7-11,13-14,16-17,19,24H,12H2,1-6H3,(H,32,35)(H,29,33,34)/t16-,17+,19?,24+/m0/s1. The quantitative estimate of drug-likeness (QED) is 0.497. The number of ether oxygens (including phenoxy) is 1. The lowest BCUT2D eigenvalue weighted by atomic mass is 9.88. The summed E-state index contributed by atoms with van der Waals surface area (Å²) in [5, 5.41) is 6.22. The first-order valence-corrected chi connectivity index (χ1v) is 12.2. The number of rotatable bonds is 7. The average Bonchev–Trinajstić information content (AvgIpc) is 3.21. The monoisotopic (exact) mass is 492 g/mol. The summed E-state index contributed by atoms with van der Waals surface area (Å²) in [6, 6.07) is 6.42. The predicted octanol–water partition coefficient (Wildman–Crippen LogP) is 4.59. The minimum absolute atomic E-state index is 0.0367. The maximum atomic E-state index is 13.6. The van der Waals surface area contributed by atoms with Crippen LogP contribution in [0.4, 0.5) is 10.3 Å². The molecule has 0 aliphatic carbocycles. The molecule has 1 amide bonds. The zero-order valence-electron chi connectivity index (χ0n) is 21.5. The summed E-state index contributed by atoms with van der Waals surface area (Å²) in [5.74, 6) is -0.353. The lowest BCUT2D eigenvalue weighted by Gasteiger charge is -2.30. The molecule has 3 heterocycles.